The summed E-state index contributed by atoms with van der Waals surface area (Å²) in [6.45, 7) is 4.46. The van der Waals surface area contributed by atoms with Crippen LogP contribution in [-0.4, -0.2) is 29.8 Å². The SMILES string of the molecule is CC(C)Oc1ccccc1CN(C)C(=O)CCl. The van der Waals surface area contributed by atoms with Crippen molar-refractivity contribution >= 4 is 17.5 Å². The van der Waals surface area contributed by atoms with Crippen molar-refractivity contribution < 1.29 is 9.53 Å². The highest BCUT2D eigenvalue weighted by Crippen LogP contribution is 2.20. The molecule has 0 saturated heterocycles. The lowest BCUT2D eigenvalue weighted by Gasteiger charge is -2.19. The molecule has 0 aliphatic carbocycles. The molecule has 1 aromatic rings. The Morgan fingerprint density at radius 1 is 1.41 bits per heavy atom. The van der Waals surface area contributed by atoms with Gasteiger partial charge in [-0.25, -0.2) is 0 Å². The molecule has 0 fully saturated rings. The summed E-state index contributed by atoms with van der Waals surface area (Å²) >= 11 is 5.51. The van der Waals surface area contributed by atoms with Gasteiger partial charge < -0.3 is 9.64 Å². The van der Waals surface area contributed by atoms with Gasteiger partial charge in [0.2, 0.25) is 5.91 Å². The van der Waals surface area contributed by atoms with Crippen LogP contribution in [0.1, 0.15) is 19.4 Å². The topological polar surface area (TPSA) is 29.5 Å². The Bertz CT molecular complexity index is 379. The Morgan fingerprint density at radius 3 is 2.65 bits per heavy atom. The predicted molar refractivity (Wildman–Crippen MR) is 69.4 cm³/mol. The summed E-state index contributed by atoms with van der Waals surface area (Å²) < 4.78 is 5.69. The number of para-hydroxylation sites is 1. The number of alkyl halides is 1. The van der Waals surface area contributed by atoms with Crippen LogP contribution in [0.25, 0.3) is 0 Å². The van der Waals surface area contributed by atoms with Gasteiger partial charge in [-0.05, 0) is 19.9 Å². The van der Waals surface area contributed by atoms with Crippen LogP contribution in [0.4, 0.5) is 0 Å². The zero-order valence-electron chi connectivity index (χ0n) is 10.4. The molecule has 17 heavy (non-hydrogen) atoms. The van der Waals surface area contributed by atoms with Gasteiger partial charge in [-0.1, -0.05) is 18.2 Å². The van der Waals surface area contributed by atoms with Crippen molar-refractivity contribution in [2.24, 2.45) is 0 Å². The second kappa shape index (κ2) is 6.50. The molecule has 1 rings (SSSR count). The Kier molecular flexibility index (Phi) is 5.29. The average molecular weight is 256 g/mol. The van der Waals surface area contributed by atoms with Gasteiger partial charge in [0, 0.05) is 19.2 Å². The van der Waals surface area contributed by atoms with Crippen LogP contribution in [0.5, 0.6) is 5.75 Å². The van der Waals surface area contributed by atoms with E-state index in [9.17, 15) is 4.79 Å². The summed E-state index contributed by atoms with van der Waals surface area (Å²) in [6, 6.07) is 7.72. The second-order valence-corrected chi connectivity index (χ2v) is 4.43. The summed E-state index contributed by atoms with van der Waals surface area (Å²) in [5.74, 6) is 0.728. The first-order valence-corrected chi connectivity index (χ1v) is 6.12. The quantitative estimate of drug-likeness (QED) is 0.757. The third-order valence-corrected chi connectivity index (χ3v) is 2.51. The number of amides is 1. The smallest absolute Gasteiger partial charge is 0.237 e. The fraction of sp³-hybridized carbons (Fsp3) is 0.462. The number of benzene rings is 1. The Hall–Kier alpha value is -1.22. The van der Waals surface area contributed by atoms with Crippen molar-refractivity contribution in [1.82, 2.24) is 4.90 Å². The van der Waals surface area contributed by atoms with E-state index in [0.717, 1.165) is 11.3 Å². The summed E-state index contributed by atoms with van der Waals surface area (Å²) in [7, 11) is 1.73. The minimum atomic E-state index is -0.0917. The molecule has 3 nitrogen and oxygen atoms in total. The fourth-order valence-corrected chi connectivity index (χ4v) is 1.65. The van der Waals surface area contributed by atoms with Gasteiger partial charge in [0.05, 0.1) is 6.10 Å². The summed E-state index contributed by atoms with van der Waals surface area (Å²) in [6.07, 6.45) is 0.116. The first-order valence-electron chi connectivity index (χ1n) is 5.59. The number of hydrogen-bond donors (Lipinski definition) is 0. The number of ether oxygens (including phenoxy) is 1. The van der Waals surface area contributed by atoms with Gasteiger partial charge in [-0.15, -0.1) is 11.6 Å². The number of rotatable bonds is 5. The summed E-state index contributed by atoms with van der Waals surface area (Å²) in [4.78, 5) is 13.0. The first-order chi connectivity index (χ1) is 8.04. The Labute approximate surface area is 107 Å². The van der Waals surface area contributed by atoms with E-state index in [4.69, 9.17) is 16.3 Å². The molecule has 0 saturated carbocycles. The average Bonchev–Trinajstić information content (AvgIpc) is 2.29. The Balaban J connectivity index is 2.79. The third-order valence-electron chi connectivity index (χ3n) is 2.28. The molecule has 4 heteroatoms. The Morgan fingerprint density at radius 2 is 2.06 bits per heavy atom. The van der Waals surface area contributed by atoms with E-state index in [0.29, 0.717) is 6.54 Å². The highest BCUT2D eigenvalue weighted by Gasteiger charge is 2.11. The van der Waals surface area contributed by atoms with Crippen LogP contribution in [0.2, 0.25) is 0 Å². The predicted octanol–water partition coefficient (Wildman–Crippen LogP) is 2.67. The van der Waals surface area contributed by atoms with E-state index in [1.54, 1.807) is 11.9 Å². The van der Waals surface area contributed by atoms with Crippen LogP contribution in [0.3, 0.4) is 0 Å². The van der Waals surface area contributed by atoms with Crippen molar-refractivity contribution in [3.63, 3.8) is 0 Å². The second-order valence-electron chi connectivity index (χ2n) is 4.16. The standard InChI is InChI=1S/C13H18ClNO2/c1-10(2)17-12-7-5-4-6-11(12)9-15(3)13(16)8-14/h4-7,10H,8-9H2,1-3H3. The highest BCUT2D eigenvalue weighted by atomic mass is 35.5. The minimum Gasteiger partial charge on any atom is -0.491 e. The highest BCUT2D eigenvalue weighted by molar-refractivity contribution is 6.27. The molecule has 0 aromatic heterocycles. The van der Waals surface area contributed by atoms with Crippen LogP contribution in [-0.2, 0) is 11.3 Å². The van der Waals surface area contributed by atoms with Gasteiger partial charge in [0.25, 0.3) is 0 Å². The molecule has 0 atom stereocenters. The van der Waals surface area contributed by atoms with Crippen molar-refractivity contribution in [2.75, 3.05) is 12.9 Å². The van der Waals surface area contributed by atoms with Gasteiger partial charge in [0.1, 0.15) is 11.6 Å². The fourth-order valence-electron chi connectivity index (χ4n) is 1.45. The monoisotopic (exact) mass is 255 g/mol. The van der Waals surface area contributed by atoms with E-state index >= 15 is 0 Å². The molecule has 0 bridgehead atoms. The van der Waals surface area contributed by atoms with Gasteiger partial charge >= 0.3 is 0 Å². The van der Waals surface area contributed by atoms with Crippen molar-refractivity contribution in [3.05, 3.63) is 29.8 Å². The van der Waals surface area contributed by atoms with Crippen LogP contribution in [0.15, 0.2) is 24.3 Å². The molecule has 0 spiro atoms. The van der Waals surface area contributed by atoms with E-state index in [1.165, 1.54) is 0 Å². The molecule has 0 radical (unpaired) electrons. The van der Waals surface area contributed by atoms with Crippen molar-refractivity contribution in [2.45, 2.75) is 26.5 Å². The van der Waals surface area contributed by atoms with Crippen molar-refractivity contribution in [1.29, 1.82) is 0 Å². The van der Waals surface area contributed by atoms with Gasteiger partial charge in [0.15, 0.2) is 0 Å². The molecule has 1 aromatic carbocycles. The molecule has 0 aliphatic rings. The molecule has 0 unspecified atom stereocenters. The third kappa shape index (κ3) is 4.27. The molecule has 0 heterocycles. The lowest BCUT2D eigenvalue weighted by atomic mass is 10.2. The molecule has 1 amide bonds. The lowest BCUT2D eigenvalue weighted by Crippen LogP contribution is -2.27. The maximum atomic E-state index is 11.4. The van der Waals surface area contributed by atoms with Crippen LogP contribution >= 0.6 is 11.6 Å². The van der Waals surface area contributed by atoms with Crippen molar-refractivity contribution in [3.8, 4) is 5.75 Å². The van der Waals surface area contributed by atoms with Gasteiger partial charge in [-0.2, -0.15) is 0 Å². The maximum absolute atomic E-state index is 11.4. The van der Waals surface area contributed by atoms with E-state index in [2.05, 4.69) is 0 Å². The molecule has 94 valence electrons. The largest absolute Gasteiger partial charge is 0.491 e. The number of nitrogens with zero attached hydrogens (tertiary/aromatic N) is 1. The van der Waals surface area contributed by atoms with E-state index in [1.807, 2.05) is 38.1 Å². The number of halogens is 1. The zero-order valence-corrected chi connectivity index (χ0v) is 11.2. The summed E-state index contributed by atoms with van der Waals surface area (Å²) in [5.41, 5.74) is 0.988. The van der Waals surface area contributed by atoms with Crippen LogP contribution < -0.4 is 4.74 Å². The molecule has 0 aliphatic heterocycles. The first kappa shape index (κ1) is 13.8. The maximum Gasteiger partial charge on any atom is 0.237 e. The van der Waals surface area contributed by atoms with E-state index < -0.39 is 0 Å². The lowest BCUT2D eigenvalue weighted by molar-refractivity contribution is -0.127. The van der Waals surface area contributed by atoms with E-state index in [-0.39, 0.29) is 17.9 Å². The van der Waals surface area contributed by atoms with Crippen LogP contribution in [0, 0.1) is 0 Å². The normalized spacial score (nSPS) is 10.4. The zero-order chi connectivity index (χ0) is 12.8. The molecular weight excluding hydrogens is 238 g/mol. The number of carbonyl (C=O) groups is 1. The minimum absolute atomic E-state index is 0.00368. The van der Waals surface area contributed by atoms with Gasteiger partial charge in [-0.3, -0.25) is 4.79 Å². The number of hydrogen-bond acceptors (Lipinski definition) is 2. The molecular formula is C13H18ClNO2. The molecule has 0 N–H and O–H groups in total. The summed E-state index contributed by atoms with van der Waals surface area (Å²) in [5, 5.41) is 0. The number of carbonyl (C=O) groups excluding carboxylic acids is 1.